The number of piperidine rings is 1. The van der Waals surface area contributed by atoms with Crippen molar-refractivity contribution in [3.8, 4) is 6.07 Å². The maximum Gasteiger partial charge on any atom is 0.252 e. The van der Waals surface area contributed by atoms with Gasteiger partial charge in [-0.3, -0.25) is 9.59 Å². The summed E-state index contributed by atoms with van der Waals surface area (Å²) < 4.78 is 26.7. The molecule has 1 aliphatic rings. The number of carbonyl (C=O) groups excluding carboxylic acids is 1. The Balaban J connectivity index is 1.67. The molecule has 1 aromatic heterocycles. The zero-order chi connectivity index (χ0) is 19.6. The summed E-state index contributed by atoms with van der Waals surface area (Å²) in [6, 6.07) is 5.43. The van der Waals surface area contributed by atoms with Crippen LogP contribution in [0.25, 0.3) is 10.9 Å². The number of nitriles is 1. The van der Waals surface area contributed by atoms with Crippen LogP contribution in [-0.2, 0) is 11.2 Å². The second kappa shape index (κ2) is 7.84. The van der Waals surface area contributed by atoms with Gasteiger partial charge in [0.15, 0.2) is 11.6 Å². The summed E-state index contributed by atoms with van der Waals surface area (Å²) in [4.78, 5) is 26.9. The summed E-state index contributed by atoms with van der Waals surface area (Å²) in [5, 5.41) is 15.4. The van der Waals surface area contributed by atoms with Gasteiger partial charge >= 0.3 is 0 Å². The number of nitrogens with one attached hydrogen (secondary N) is 3. The summed E-state index contributed by atoms with van der Waals surface area (Å²) in [5.41, 5.74) is -0.154. The van der Waals surface area contributed by atoms with Crippen LogP contribution in [0.15, 0.2) is 23.0 Å². The molecule has 1 amide bonds. The molecule has 2 aromatic rings. The number of amides is 1. The molecule has 2 heterocycles. The predicted octanol–water partition coefficient (Wildman–Crippen LogP) is 1.75. The van der Waals surface area contributed by atoms with Crippen LogP contribution in [0.3, 0.4) is 0 Å². The van der Waals surface area contributed by atoms with E-state index in [1.54, 1.807) is 0 Å². The van der Waals surface area contributed by atoms with Crippen molar-refractivity contribution < 1.29 is 13.6 Å². The van der Waals surface area contributed by atoms with Crippen molar-refractivity contribution in [2.24, 2.45) is 5.92 Å². The third-order valence-corrected chi connectivity index (χ3v) is 4.94. The van der Waals surface area contributed by atoms with Gasteiger partial charge in [0.1, 0.15) is 0 Å². The molecule has 0 aliphatic carbocycles. The largest absolute Gasteiger partial charge is 0.352 e. The van der Waals surface area contributed by atoms with Crippen LogP contribution < -0.4 is 16.2 Å². The monoisotopic (exact) mass is 374 g/mol. The maximum absolute atomic E-state index is 13.4. The van der Waals surface area contributed by atoms with E-state index in [9.17, 15) is 18.4 Å². The van der Waals surface area contributed by atoms with Crippen molar-refractivity contribution in [1.29, 1.82) is 5.26 Å². The third-order valence-electron chi connectivity index (χ3n) is 4.94. The molecule has 3 atom stereocenters. The van der Waals surface area contributed by atoms with Crippen molar-refractivity contribution >= 4 is 16.8 Å². The molecule has 3 rings (SSSR count). The number of benzene rings is 1. The molecular weight excluding hydrogens is 354 g/mol. The van der Waals surface area contributed by atoms with E-state index >= 15 is 0 Å². The zero-order valence-electron chi connectivity index (χ0n) is 14.8. The van der Waals surface area contributed by atoms with Gasteiger partial charge in [0, 0.05) is 35.6 Å². The maximum atomic E-state index is 13.4. The van der Waals surface area contributed by atoms with Gasteiger partial charge in [0.25, 0.3) is 5.56 Å². The number of hydrogen-bond acceptors (Lipinski definition) is 4. The Labute approximate surface area is 154 Å². The molecule has 1 fully saturated rings. The summed E-state index contributed by atoms with van der Waals surface area (Å²) in [6.07, 6.45) is 1.39. The lowest BCUT2D eigenvalue weighted by Crippen LogP contribution is -2.52. The molecule has 6 nitrogen and oxygen atoms in total. The lowest BCUT2D eigenvalue weighted by Gasteiger charge is -2.31. The Bertz CT molecular complexity index is 959. The molecule has 142 valence electrons. The highest BCUT2D eigenvalue weighted by atomic mass is 19.2. The molecule has 1 aliphatic heterocycles. The van der Waals surface area contributed by atoms with Crippen LogP contribution in [-0.4, -0.2) is 29.5 Å². The number of nitrogens with zero attached hydrogens (tertiary/aromatic N) is 1. The van der Waals surface area contributed by atoms with E-state index in [-0.39, 0.29) is 41.4 Å². The van der Waals surface area contributed by atoms with Crippen LogP contribution >= 0.6 is 0 Å². The summed E-state index contributed by atoms with van der Waals surface area (Å²) in [6.45, 7) is 2.46. The highest BCUT2D eigenvalue weighted by Gasteiger charge is 2.25. The molecule has 27 heavy (non-hydrogen) atoms. The SMILES string of the molecule is C[C@H](NC(=O)Cc1cc2cc(F)c(F)cc2[nH]c1=O)C1CCC(C#N)CN1. The number of rotatable bonds is 4. The fourth-order valence-corrected chi connectivity index (χ4v) is 3.37. The van der Waals surface area contributed by atoms with Gasteiger partial charge in [-0.05, 0) is 31.9 Å². The molecule has 3 N–H and O–H groups in total. The van der Waals surface area contributed by atoms with Crippen LogP contribution in [0.1, 0.15) is 25.3 Å². The van der Waals surface area contributed by atoms with Gasteiger partial charge in [-0.2, -0.15) is 5.26 Å². The average Bonchev–Trinajstić information content (AvgIpc) is 2.64. The van der Waals surface area contributed by atoms with Crippen molar-refractivity contribution in [3.63, 3.8) is 0 Å². The Kier molecular flexibility index (Phi) is 5.51. The van der Waals surface area contributed by atoms with Gasteiger partial charge < -0.3 is 15.6 Å². The number of aromatic amines is 1. The molecule has 0 radical (unpaired) electrons. The number of H-pyrrole nitrogens is 1. The zero-order valence-corrected chi connectivity index (χ0v) is 14.8. The molecule has 0 spiro atoms. The minimum Gasteiger partial charge on any atom is -0.352 e. The van der Waals surface area contributed by atoms with Crippen LogP contribution in [0.5, 0.6) is 0 Å². The van der Waals surface area contributed by atoms with E-state index in [1.165, 1.54) is 6.07 Å². The number of halogens is 2. The molecule has 8 heteroatoms. The third kappa shape index (κ3) is 4.31. The Morgan fingerprint density at radius 3 is 2.74 bits per heavy atom. The number of hydrogen-bond donors (Lipinski definition) is 3. The molecule has 1 aromatic carbocycles. The van der Waals surface area contributed by atoms with E-state index in [4.69, 9.17) is 5.26 Å². The number of carbonyl (C=O) groups is 1. The Morgan fingerprint density at radius 2 is 2.07 bits per heavy atom. The van der Waals surface area contributed by atoms with Gasteiger partial charge in [-0.25, -0.2) is 8.78 Å². The molecule has 2 unspecified atom stereocenters. The van der Waals surface area contributed by atoms with Gasteiger partial charge in [0.2, 0.25) is 5.91 Å². The van der Waals surface area contributed by atoms with Crippen molar-refractivity contribution in [2.75, 3.05) is 6.54 Å². The highest BCUT2D eigenvalue weighted by molar-refractivity contribution is 5.83. The summed E-state index contributed by atoms with van der Waals surface area (Å²) >= 11 is 0. The topological polar surface area (TPSA) is 97.8 Å². The highest BCUT2D eigenvalue weighted by Crippen LogP contribution is 2.17. The minimum atomic E-state index is -1.05. The van der Waals surface area contributed by atoms with E-state index < -0.39 is 17.2 Å². The van der Waals surface area contributed by atoms with E-state index in [0.717, 1.165) is 25.0 Å². The number of aromatic nitrogens is 1. The van der Waals surface area contributed by atoms with Crippen molar-refractivity contribution in [3.05, 3.63) is 45.8 Å². The smallest absolute Gasteiger partial charge is 0.252 e. The van der Waals surface area contributed by atoms with Crippen molar-refractivity contribution in [1.82, 2.24) is 15.6 Å². The van der Waals surface area contributed by atoms with Gasteiger partial charge in [0.05, 0.1) is 23.9 Å². The first kappa shape index (κ1) is 19.0. The second-order valence-corrected chi connectivity index (χ2v) is 6.93. The summed E-state index contributed by atoms with van der Waals surface area (Å²) in [7, 11) is 0. The van der Waals surface area contributed by atoms with Gasteiger partial charge in [-0.15, -0.1) is 0 Å². The fraction of sp³-hybridized carbons (Fsp3) is 0.421. The molecule has 0 saturated carbocycles. The normalized spacial score (nSPS) is 20.8. The van der Waals surface area contributed by atoms with Gasteiger partial charge in [-0.1, -0.05) is 0 Å². The van der Waals surface area contributed by atoms with E-state index in [1.807, 2.05) is 6.92 Å². The number of fused-ring (bicyclic) bond motifs is 1. The van der Waals surface area contributed by atoms with Crippen molar-refractivity contribution in [2.45, 2.75) is 38.3 Å². The van der Waals surface area contributed by atoms with Crippen LogP contribution in [0, 0.1) is 28.9 Å². The quantitative estimate of drug-likeness (QED) is 0.759. The molecular formula is C19H20F2N4O2. The molecule has 1 saturated heterocycles. The van der Waals surface area contributed by atoms with E-state index in [2.05, 4.69) is 21.7 Å². The molecule has 0 bridgehead atoms. The first-order chi connectivity index (χ1) is 12.9. The Hall–Kier alpha value is -2.79. The lowest BCUT2D eigenvalue weighted by atomic mass is 9.92. The first-order valence-corrected chi connectivity index (χ1v) is 8.80. The standard InChI is InChI=1S/C19H20F2N4O2/c1-10(16-3-2-11(8-22)9-23-16)24-18(26)6-13-4-12-5-14(20)15(21)7-17(12)25-19(13)27/h4-5,7,10-11,16,23H,2-3,6,9H2,1H3,(H,24,26)(H,25,27)/t10-,11?,16?/m0/s1. The van der Waals surface area contributed by atoms with Crippen LogP contribution in [0.4, 0.5) is 8.78 Å². The predicted molar refractivity (Wildman–Crippen MR) is 95.9 cm³/mol. The summed E-state index contributed by atoms with van der Waals surface area (Å²) in [5.74, 6) is -2.40. The minimum absolute atomic E-state index is 0.00876. The van der Waals surface area contributed by atoms with Crippen LogP contribution in [0.2, 0.25) is 0 Å². The Morgan fingerprint density at radius 1 is 1.33 bits per heavy atom. The number of pyridine rings is 1. The fourth-order valence-electron chi connectivity index (χ4n) is 3.37. The second-order valence-electron chi connectivity index (χ2n) is 6.93. The average molecular weight is 374 g/mol. The lowest BCUT2D eigenvalue weighted by molar-refractivity contribution is -0.121. The van der Waals surface area contributed by atoms with E-state index in [0.29, 0.717) is 11.9 Å². The first-order valence-electron chi connectivity index (χ1n) is 8.80.